The van der Waals surface area contributed by atoms with Crippen LogP contribution in [0.1, 0.15) is 19.4 Å². The van der Waals surface area contributed by atoms with Crippen LogP contribution >= 0.6 is 34.3 Å². The van der Waals surface area contributed by atoms with Gasteiger partial charge in [-0.3, -0.25) is 4.79 Å². The van der Waals surface area contributed by atoms with Gasteiger partial charge >= 0.3 is 0 Å². The lowest BCUT2D eigenvalue weighted by Crippen LogP contribution is -1.79. The number of thiophene rings is 2. The van der Waals surface area contributed by atoms with Gasteiger partial charge in [-0.1, -0.05) is 18.2 Å². The first-order valence-corrected chi connectivity index (χ1v) is 7.49. The van der Waals surface area contributed by atoms with Gasteiger partial charge in [0.2, 0.25) is 0 Å². The van der Waals surface area contributed by atoms with Crippen LogP contribution in [0, 0.1) is 0 Å². The van der Waals surface area contributed by atoms with E-state index >= 15 is 0 Å². The molecule has 0 aliphatic rings. The van der Waals surface area contributed by atoms with E-state index in [0.717, 1.165) is 6.42 Å². The van der Waals surface area contributed by atoms with Gasteiger partial charge in [0.1, 0.15) is 0 Å². The molecule has 0 aliphatic heterocycles. The molecule has 0 bridgehead atoms. The Bertz CT molecular complexity index is 678. The molecule has 1 aromatic carbocycles. The van der Waals surface area contributed by atoms with Crippen LogP contribution < -0.4 is 0 Å². The zero-order valence-electron chi connectivity index (χ0n) is 9.35. The number of hydrogen-bond acceptors (Lipinski definition) is 3. The third-order valence-corrected chi connectivity index (χ3v) is 5.20. The average Bonchev–Trinajstić information content (AvgIpc) is 2.94. The fourth-order valence-electron chi connectivity index (χ4n) is 1.87. The van der Waals surface area contributed by atoms with Crippen molar-refractivity contribution in [3.63, 3.8) is 0 Å². The summed E-state index contributed by atoms with van der Waals surface area (Å²) in [4.78, 5) is 14.1. The van der Waals surface area contributed by atoms with E-state index < -0.39 is 0 Å². The van der Waals surface area contributed by atoms with Crippen molar-refractivity contribution in [3.8, 4) is 0 Å². The van der Waals surface area contributed by atoms with Crippen molar-refractivity contribution in [1.82, 2.24) is 0 Å². The van der Waals surface area contributed by atoms with Gasteiger partial charge in [-0.15, -0.1) is 22.7 Å². The van der Waals surface area contributed by atoms with Gasteiger partial charge in [0.15, 0.2) is 0 Å². The number of fused-ring (bicyclic) bond motifs is 1. The molecule has 0 radical (unpaired) electrons. The molecule has 0 amide bonds. The van der Waals surface area contributed by atoms with Crippen molar-refractivity contribution in [2.45, 2.75) is 6.42 Å². The standard InChI is InChI=1S/C14H9ClOS2/c15-14(16)13-6-5-10(17-13)8-11-7-9-3-1-2-4-12(9)18-11/h1-7H,8H2. The molecule has 0 fully saturated rings. The summed E-state index contributed by atoms with van der Waals surface area (Å²) in [5.74, 6) is 0. The van der Waals surface area contributed by atoms with E-state index in [1.54, 1.807) is 17.4 Å². The maximum atomic E-state index is 11.0. The van der Waals surface area contributed by atoms with E-state index in [1.165, 1.54) is 31.2 Å². The summed E-state index contributed by atoms with van der Waals surface area (Å²) in [6.45, 7) is 0. The van der Waals surface area contributed by atoms with Crippen LogP contribution in [0.3, 0.4) is 0 Å². The molecule has 0 spiro atoms. The fraction of sp³-hybridized carbons (Fsp3) is 0.0714. The zero-order chi connectivity index (χ0) is 12.5. The maximum absolute atomic E-state index is 11.0. The lowest BCUT2D eigenvalue weighted by molar-refractivity contribution is 0.108. The van der Waals surface area contributed by atoms with Crippen molar-refractivity contribution in [3.05, 3.63) is 57.1 Å². The number of rotatable bonds is 3. The predicted molar refractivity (Wildman–Crippen MR) is 79.1 cm³/mol. The minimum Gasteiger partial charge on any atom is -0.275 e. The SMILES string of the molecule is O=C(Cl)c1ccc(Cc2cc3ccccc3s2)s1. The van der Waals surface area contributed by atoms with Crippen molar-refractivity contribution < 1.29 is 4.79 Å². The summed E-state index contributed by atoms with van der Waals surface area (Å²) in [5, 5.41) is 0.908. The first-order chi connectivity index (χ1) is 8.72. The summed E-state index contributed by atoms with van der Waals surface area (Å²) in [5.41, 5.74) is 0. The Morgan fingerprint density at radius 3 is 2.61 bits per heavy atom. The molecule has 18 heavy (non-hydrogen) atoms. The second-order valence-electron chi connectivity index (χ2n) is 3.97. The van der Waals surface area contributed by atoms with Gasteiger partial charge in [-0.25, -0.2) is 0 Å². The number of carbonyl (C=O) groups is 1. The Balaban J connectivity index is 1.88. The number of benzene rings is 1. The zero-order valence-corrected chi connectivity index (χ0v) is 11.7. The molecule has 3 aromatic rings. The van der Waals surface area contributed by atoms with Crippen LogP contribution in [0.15, 0.2) is 42.5 Å². The fourth-order valence-corrected chi connectivity index (χ4v) is 4.09. The Morgan fingerprint density at radius 2 is 1.89 bits per heavy atom. The van der Waals surface area contributed by atoms with Gasteiger partial charge in [0, 0.05) is 20.9 Å². The van der Waals surface area contributed by atoms with Crippen molar-refractivity contribution in [2.24, 2.45) is 0 Å². The van der Waals surface area contributed by atoms with Crippen LogP contribution in [0.4, 0.5) is 0 Å². The highest BCUT2D eigenvalue weighted by atomic mass is 35.5. The largest absolute Gasteiger partial charge is 0.275 e. The van der Waals surface area contributed by atoms with Crippen LogP contribution in [-0.4, -0.2) is 5.24 Å². The Hall–Kier alpha value is -1.16. The molecule has 2 aromatic heterocycles. The number of hydrogen-bond donors (Lipinski definition) is 0. The molecule has 0 aliphatic carbocycles. The van der Waals surface area contributed by atoms with Gasteiger partial charge in [-0.2, -0.15) is 0 Å². The highest BCUT2D eigenvalue weighted by molar-refractivity contribution is 7.19. The molecule has 0 N–H and O–H groups in total. The van der Waals surface area contributed by atoms with E-state index in [0.29, 0.717) is 4.88 Å². The number of carbonyl (C=O) groups excluding carboxylic acids is 1. The monoisotopic (exact) mass is 292 g/mol. The van der Waals surface area contributed by atoms with E-state index in [1.807, 2.05) is 12.1 Å². The lowest BCUT2D eigenvalue weighted by atomic mass is 10.2. The van der Waals surface area contributed by atoms with Gasteiger partial charge in [0.05, 0.1) is 4.88 Å². The Morgan fingerprint density at radius 1 is 1.06 bits per heavy atom. The molecule has 0 saturated carbocycles. The summed E-state index contributed by atoms with van der Waals surface area (Å²) in [6, 6.07) is 14.3. The topological polar surface area (TPSA) is 17.1 Å². The average molecular weight is 293 g/mol. The van der Waals surface area contributed by atoms with E-state index in [2.05, 4.69) is 24.3 Å². The predicted octanol–water partition coefficient (Wildman–Crippen LogP) is 4.93. The number of halogens is 1. The minimum absolute atomic E-state index is 0.373. The van der Waals surface area contributed by atoms with E-state index in [-0.39, 0.29) is 5.24 Å². The summed E-state index contributed by atoms with van der Waals surface area (Å²) >= 11 is 8.73. The molecular formula is C14H9ClOS2. The molecule has 90 valence electrons. The second-order valence-corrected chi connectivity index (χ2v) is 6.65. The smallest absolute Gasteiger partial charge is 0.262 e. The maximum Gasteiger partial charge on any atom is 0.262 e. The first-order valence-electron chi connectivity index (χ1n) is 5.48. The molecule has 3 rings (SSSR count). The molecule has 1 nitrogen and oxygen atoms in total. The normalized spacial score (nSPS) is 10.9. The van der Waals surface area contributed by atoms with E-state index in [9.17, 15) is 4.79 Å². The third-order valence-electron chi connectivity index (χ3n) is 2.68. The molecular weight excluding hydrogens is 284 g/mol. The molecule has 2 heterocycles. The van der Waals surface area contributed by atoms with Gasteiger partial charge in [0.25, 0.3) is 5.24 Å². The highest BCUT2D eigenvalue weighted by Gasteiger charge is 2.08. The Kier molecular flexibility index (Phi) is 3.20. The molecule has 0 atom stereocenters. The first kappa shape index (κ1) is 11.9. The van der Waals surface area contributed by atoms with Crippen LogP contribution in [0.5, 0.6) is 0 Å². The highest BCUT2D eigenvalue weighted by Crippen LogP contribution is 2.29. The quantitative estimate of drug-likeness (QED) is 0.625. The van der Waals surface area contributed by atoms with Crippen LogP contribution in [-0.2, 0) is 6.42 Å². The van der Waals surface area contributed by atoms with E-state index in [4.69, 9.17) is 11.6 Å². The summed E-state index contributed by atoms with van der Waals surface area (Å²) in [6.07, 6.45) is 0.869. The second kappa shape index (κ2) is 4.84. The van der Waals surface area contributed by atoms with Gasteiger partial charge in [-0.05, 0) is 41.3 Å². The van der Waals surface area contributed by atoms with Crippen LogP contribution in [0.25, 0.3) is 10.1 Å². The summed E-state index contributed by atoms with van der Waals surface area (Å²) < 4.78 is 1.30. The van der Waals surface area contributed by atoms with Crippen LogP contribution in [0.2, 0.25) is 0 Å². The van der Waals surface area contributed by atoms with Crippen molar-refractivity contribution in [1.29, 1.82) is 0 Å². The molecule has 0 saturated heterocycles. The molecule has 0 unspecified atom stereocenters. The molecule has 4 heteroatoms. The minimum atomic E-state index is -0.373. The third kappa shape index (κ3) is 2.34. The lowest BCUT2D eigenvalue weighted by Gasteiger charge is -1.91. The van der Waals surface area contributed by atoms with Gasteiger partial charge < -0.3 is 0 Å². The Labute approximate surface area is 118 Å². The van der Waals surface area contributed by atoms with Crippen molar-refractivity contribution in [2.75, 3.05) is 0 Å². The van der Waals surface area contributed by atoms with Crippen molar-refractivity contribution >= 4 is 49.6 Å². The summed E-state index contributed by atoms with van der Waals surface area (Å²) in [7, 11) is 0.